The van der Waals surface area contributed by atoms with Crippen LogP contribution in [-0.4, -0.2) is 15.0 Å². The average Bonchev–Trinajstić information content (AvgIpc) is 2.71. The lowest BCUT2D eigenvalue weighted by molar-refractivity contribution is 0.751. The van der Waals surface area contributed by atoms with Crippen LogP contribution in [0.4, 0.5) is 0 Å². The van der Waals surface area contributed by atoms with E-state index in [4.69, 9.17) is 5.73 Å². The van der Waals surface area contributed by atoms with E-state index in [1.54, 1.807) is 17.2 Å². The van der Waals surface area contributed by atoms with E-state index in [-0.39, 0.29) is 12.4 Å². The summed E-state index contributed by atoms with van der Waals surface area (Å²) in [4.78, 5) is 1.57. The first-order valence-corrected chi connectivity index (χ1v) is 4.06. The number of halogens is 1. The lowest BCUT2D eigenvalue weighted by atomic mass is 10.2. The number of rotatable bonds is 2. The van der Waals surface area contributed by atoms with Gasteiger partial charge < -0.3 is 5.73 Å². The highest BCUT2D eigenvalue weighted by molar-refractivity contribution is 5.85. The fraction of sp³-hybridized carbons (Fsp3) is 0.111. The Balaban J connectivity index is 0.000000980. The molecule has 0 spiro atoms. The van der Waals surface area contributed by atoms with Crippen LogP contribution in [0.25, 0.3) is 5.69 Å². The normalized spacial score (nSPS) is 9.50. The molecule has 0 aliphatic carbocycles. The van der Waals surface area contributed by atoms with E-state index in [0.717, 1.165) is 11.3 Å². The molecule has 74 valence electrons. The smallest absolute Gasteiger partial charge is 0.0856 e. The minimum Gasteiger partial charge on any atom is -0.326 e. The molecule has 2 aromatic rings. The molecule has 1 heterocycles. The number of benzene rings is 1. The van der Waals surface area contributed by atoms with E-state index in [1.165, 1.54) is 0 Å². The van der Waals surface area contributed by atoms with E-state index in [1.807, 2.05) is 24.3 Å². The molecule has 0 atom stereocenters. The fourth-order valence-electron chi connectivity index (χ4n) is 1.11. The topological polar surface area (TPSA) is 56.7 Å². The van der Waals surface area contributed by atoms with Gasteiger partial charge in [0, 0.05) is 6.54 Å². The second-order valence-corrected chi connectivity index (χ2v) is 2.69. The summed E-state index contributed by atoms with van der Waals surface area (Å²) in [5.74, 6) is 0. The SMILES string of the molecule is Cl.NCc1ccc(-n2nccn2)cc1. The van der Waals surface area contributed by atoms with Crippen LogP contribution in [0.1, 0.15) is 5.56 Å². The van der Waals surface area contributed by atoms with E-state index < -0.39 is 0 Å². The van der Waals surface area contributed by atoms with Gasteiger partial charge in [-0.2, -0.15) is 15.0 Å². The van der Waals surface area contributed by atoms with E-state index in [9.17, 15) is 0 Å². The predicted octanol–water partition coefficient (Wildman–Crippen LogP) is 1.15. The lowest BCUT2D eigenvalue weighted by Crippen LogP contribution is -2.00. The van der Waals surface area contributed by atoms with Crippen molar-refractivity contribution in [1.29, 1.82) is 0 Å². The van der Waals surface area contributed by atoms with Gasteiger partial charge in [-0.15, -0.1) is 12.4 Å². The molecule has 0 saturated heterocycles. The first-order chi connectivity index (χ1) is 6.40. The minimum absolute atomic E-state index is 0. The van der Waals surface area contributed by atoms with Crippen LogP contribution in [0.15, 0.2) is 36.7 Å². The summed E-state index contributed by atoms with van der Waals surface area (Å²) in [7, 11) is 0. The molecule has 0 amide bonds. The summed E-state index contributed by atoms with van der Waals surface area (Å²) in [6.07, 6.45) is 3.30. The van der Waals surface area contributed by atoms with E-state index >= 15 is 0 Å². The number of hydrogen-bond acceptors (Lipinski definition) is 3. The molecule has 2 rings (SSSR count). The van der Waals surface area contributed by atoms with Crippen LogP contribution < -0.4 is 5.73 Å². The Hall–Kier alpha value is -1.39. The highest BCUT2D eigenvalue weighted by Crippen LogP contribution is 2.06. The summed E-state index contributed by atoms with van der Waals surface area (Å²) in [6, 6.07) is 7.84. The molecule has 4 nitrogen and oxygen atoms in total. The highest BCUT2D eigenvalue weighted by Gasteiger charge is 1.95. The molecule has 0 aliphatic heterocycles. The number of aromatic nitrogens is 3. The Bertz CT molecular complexity index is 368. The summed E-state index contributed by atoms with van der Waals surface area (Å²) in [6.45, 7) is 0.562. The quantitative estimate of drug-likeness (QED) is 0.809. The van der Waals surface area contributed by atoms with Gasteiger partial charge in [0.05, 0.1) is 18.1 Å². The molecule has 0 unspecified atom stereocenters. The van der Waals surface area contributed by atoms with Crippen molar-refractivity contribution in [3.63, 3.8) is 0 Å². The Labute approximate surface area is 88.1 Å². The van der Waals surface area contributed by atoms with E-state index in [0.29, 0.717) is 6.54 Å². The minimum atomic E-state index is 0. The molecule has 5 heteroatoms. The molecule has 0 bridgehead atoms. The van der Waals surface area contributed by atoms with Crippen molar-refractivity contribution in [2.45, 2.75) is 6.54 Å². The third-order valence-electron chi connectivity index (χ3n) is 1.82. The molecule has 0 aliphatic rings. The van der Waals surface area contributed by atoms with Gasteiger partial charge in [0.25, 0.3) is 0 Å². The summed E-state index contributed by atoms with van der Waals surface area (Å²) in [5, 5.41) is 8.03. The van der Waals surface area contributed by atoms with Crippen LogP contribution >= 0.6 is 12.4 Å². The fourth-order valence-corrected chi connectivity index (χ4v) is 1.11. The van der Waals surface area contributed by atoms with Crippen molar-refractivity contribution in [3.8, 4) is 5.69 Å². The maximum atomic E-state index is 5.48. The molecule has 0 saturated carbocycles. The monoisotopic (exact) mass is 210 g/mol. The van der Waals surface area contributed by atoms with Crippen LogP contribution in [-0.2, 0) is 6.54 Å². The Morgan fingerprint density at radius 2 is 1.64 bits per heavy atom. The first-order valence-electron chi connectivity index (χ1n) is 4.06. The standard InChI is InChI=1S/C9H10N4.ClH/c10-7-8-1-3-9(4-2-8)13-11-5-6-12-13;/h1-6H,7,10H2;1H. The van der Waals surface area contributed by atoms with Gasteiger partial charge in [-0.3, -0.25) is 0 Å². The zero-order chi connectivity index (χ0) is 9.10. The largest absolute Gasteiger partial charge is 0.326 e. The van der Waals surface area contributed by atoms with Crippen LogP contribution in [0.3, 0.4) is 0 Å². The van der Waals surface area contributed by atoms with Crippen molar-refractivity contribution in [3.05, 3.63) is 42.2 Å². The zero-order valence-corrected chi connectivity index (χ0v) is 8.31. The van der Waals surface area contributed by atoms with Gasteiger partial charge in [-0.05, 0) is 17.7 Å². The molecule has 1 aromatic carbocycles. The van der Waals surface area contributed by atoms with Gasteiger partial charge in [-0.25, -0.2) is 0 Å². The van der Waals surface area contributed by atoms with Crippen molar-refractivity contribution in [2.75, 3.05) is 0 Å². The average molecular weight is 211 g/mol. The van der Waals surface area contributed by atoms with Crippen molar-refractivity contribution < 1.29 is 0 Å². The van der Waals surface area contributed by atoms with Gasteiger partial charge >= 0.3 is 0 Å². The van der Waals surface area contributed by atoms with Crippen molar-refractivity contribution in [2.24, 2.45) is 5.73 Å². The molecule has 0 radical (unpaired) electrons. The number of hydrogen-bond donors (Lipinski definition) is 1. The van der Waals surface area contributed by atoms with Gasteiger partial charge in [0.15, 0.2) is 0 Å². The number of nitrogens with zero attached hydrogens (tertiary/aromatic N) is 3. The second kappa shape index (κ2) is 4.74. The molecule has 2 N–H and O–H groups in total. The van der Waals surface area contributed by atoms with Crippen molar-refractivity contribution in [1.82, 2.24) is 15.0 Å². The zero-order valence-electron chi connectivity index (χ0n) is 7.50. The lowest BCUT2D eigenvalue weighted by Gasteiger charge is -2.00. The Kier molecular flexibility index (Phi) is 3.62. The summed E-state index contributed by atoms with van der Waals surface area (Å²) < 4.78 is 0. The van der Waals surface area contributed by atoms with Crippen LogP contribution in [0.2, 0.25) is 0 Å². The molecular formula is C9H11ClN4. The summed E-state index contributed by atoms with van der Waals surface area (Å²) >= 11 is 0. The third kappa shape index (κ3) is 2.10. The highest BCUT2D eigenvalue weighted by atomic mass is 35.5. The molecule has 14 heavy (non-hydrogen) atoms. The first kappa shape index (κ1) is 10.7. The Morgan fingerprint density at radius 3 is 2.14 bits per heavy atom. The summed E-state index contributed by atoms with van der Waals surface area (Å²) in [5.41, 5.74) is 7.53. The van der Waals surface area contributed by atoms with Gasteiger partial charge in [0.1, 0.15) is 0 Å². The van der Waals surface area contributed by atoms with Gasteiger partial charge in [0.2, 0.25) is 0 Å². The second-order valence-electron chi connectivity index (χ2n) is 2.69. The number of nitrogens with two attached hydrogens (primary N) is 1. The maximum absolute atomic E-state index is 5.48. The molecule has 1 aromatic heterocycles. The third-order valence-corrected chi connectivity index (χ3v) is 1.82. The van der Waals surface area contributed by atoms with E-state index in [2.05, 4.69) is 10.2 Å². The molecule has 0 fully saturated rings. The maximum Gasteiger partial charge on any atom is 0.0856 e. The Morgan fingerprint density at radius 1 is 1.07 bits per heavy atom. The van der Waals surface area contributed by atoms with Crippen LogP contribution in [0.5, 0.6) is 0 Å². The van der Waals surface area contributed by atoms with Gasteiger partial charge in [-0.1, -0.05) is 12.1 Å². The predicted molar refractivity (Wildman–Crippen MR) is 56.5 cm³/mol. The molecular weight excluding hydrogens is 200 g/mol. The van der Waals surface area contributed by atoms with Crippen molar-refractivity contribution >= 4 is 12.4 Å². The van der Waals surface area contributed by atoms with Crippen LogP contribution in [0, 0.1) is 0 Å².